The van der Waals surface area contributed by atoms with Crippen molar-refractivity contribution in [3.05, 3.63) is 70.4 Å². The Balaban J connectivity index is 2.11. The van der Waals surface area contributed by atoms with Crippen LogP contribution < -0.4 is 15.0 Å². The highest BCUT2D eigenvalue weighted by Crippen LogP contribution is 2.36. The van der Waals surface area contributed by atoms with E-state index in [9.17, 15) is 19.5 Å². The van der Waals surface area contributed by atoms with Gasteiger partial charge in [-0.3, -0.25) is 4.90 Å². The molecule has 1 atom stereocenters. The Kier molecular flexibility index (Phi) is 6.50. The van der Waals surface area contributed by atoms with E-state index >= 15 is 0 Å². The fraction of sp³-hybridized carbons (Fsp3) is 0.227. The summed E-state index contributed by atoms with van der Waals surface area (Å²) < 4.78 is 5.15. The van der Waals surface area contributed by atoms with E-state index in [1.165, 1.54) is 18.9 Å². The summed E-state index contributed by atoms with van der Waals surface area (Å²) in [4.78, 5) is 40.9. The first kappa shape index (κ1) is 22.2. The zero-order valence-electron chi connectivity index (χ0n) is 17.3. The highest BCUT2D eigenvalue weighted by Gasteiger charge is 2.43. The van der Waals surface area contributed by atoms with Crippen molar-refractivity contribution in [2.45, 2.75) is 19.9 Å². The maximum absolute atomic E-state index is 13.5. The summed E-state index contributed by atoms with van der Waals surface area (Å²) in [6.45, 7) is 3.50. The van der Waals surface area contributed by atoms with Crippen LogP contribution in [0.25, 0.3) is 0 Å². The lowest BCUT2D eigenvalue weighted by molar-refractivity contribution is -0.133. The molecule has 0 saturated heterocycles. The number of methoxy groups -OCH3 is 1. The third kappa shape index (κ3) is 4.34. The number of anilines is 1. The molecule has 0 fully saturated rings. The predicted octanol–water partition coefficient (Wildman–Crippen LogP) is 4.42. The minimum atomic E-state index is -1.24. The molecule has 2 aromatic rings. The first-order chi connectivity index (χ1) is 14.8. The number of rotatable bonds is 5. The number of allylic oxidation sites excluding steroid dienone is 1. The molecule has 31 heavy (non-hydrogen) atoms. The van der Waals surface area contributed by atoms with Crippen LogP contribution in [0.5, 0.6) is 5.75 Å². The van der Waals surface area contributed by atoms with Gasteiger partial charge in [-0.1, -0.05) is 23.7 Å². The number of benzene rings is 2. The number of nitrogens with one attached hydrogen (secondary N) is 1. The molecule has 9 heteroatoms. The summed E-state index contributed by atoms with van der Waals surface area (Å²) in [7, 11) is 1.54. The van der Waals surface area contributed by atoms with Crippen molar-refractivity contribution < 1.29 is 24.2 Å². The number of urea groups is 2. The van der Waals surface area contributed by atoms with Crippen LogP contribution in [-0.4, -0.2) is 41.7 Å². The highest BCUT2D eigenvalue weighted by molar-refractivity contribution is 6.30. The zero-order valence-corrected chi connectivity index (χ0v) is 18.0. The van der Waals surface area contributed by atoms with Gasteiger partial charge in [0.15, 0.2) is 0 Å². The first-order valence-corrected chi connectivity index (χ1v) is 9.91. The van der Waals surface area contributed by atoms with Gasteiger partial charge in [-0.05, 0) is 55.8 Å². The Morgan fingerprint density at radius 2 is 1.90 bits per heavy atom. The van der Waals surface area contributed by atoms with Gasteiger partial charge in [0.25, 0.3) is 0 Å². The summed E-state index contributed by atoms with van der Waals surface area (Å²) in [6.07, 6.45) is 0. The molecule has 0 saturated carbocycles. The van der Waals surface area contributed by atoms with E-state index in [0.29, 0.717) is 22.0 Å². The average molecular weight is 444 g/mol. The van der Waals surface area contributed by atoms with Crippen molar-refractivity contribution in [3.8, 4) is 5.75 Å². The van der Waals surface area contributed by atoms with E-state index in [1.54, 1.807) is 55.5 Å². The van der Waals surface area contributed by atoms with Crippen molar-refractivity contribution in [3.63, 3.8) is 0 Å². The topological polar surface area (TPSA) is 99.2 Å². The molecule has 2 N–H and O–H groups in total. The van der Waals surface area contributed by atoms with Crippen LogP contribution in [0.4, 0.5) is 15.3 Å². The Labute approximate surface area is 184 Å². The zero-order chi connectivity index (χ0) is 22.7. The third-order valence-corrected chi connectivity index (χ3v) is 5.22. The van der Waals surface area contributed by atoms with E-state index < -0.39 is 24.1 Å². The minimum absolute atomic E-state index is 0.110. The summed E-state index contributed by atoms with van der Waals surface area (Å²) in [5, 5.41) is 12.7. The second-order valence-electron chi connectivity index (χ2n) is 6.83. The second kappa shape index (κ2) is 9.09. The number of nitrogens with zero attached hydrogens (tertiary/aromatic N) is 2. The molecular formula is C22H22ClN3O5. The smallest absolute Gasteiger partial charge is 0.335 e. The number of aliphatic carboxylic acids is 1. The molecule has 4 amide bonds. The molecule has 1 heterocycles. The van der Waals surface area contributed by atoms with Crippen LogP contribution in [0.15, 0.2) is 59.8 Å². The standard InChI is InChI=1S/C22H22ClN3O5/c1-4-25(16-8-10-17(31-3)11-9-16)22(30)26-19(14-6-5-7-15(23)12-14)18(20(27)28)13(2)24-21(26)29/h5-12,19H,4H2,1-3H3,(H,24,29)(H,27,28). The quantitative estimate of drug-likeness (QED) is 0.712. The first-order valence-electron chi connectivity index (χ1n) is 9.53. The Morgan fingerprint density at radius 1 is 1.23 bits per heavy atom. The number of hydrogen-bond acceptors (Lipinski definition) is 4. The molecule has 2 aromatic carbocycles. The Hall–Kier alpha value is -3.52. The molecule has 0 radical (unpaired) electrons. The van der Waals surface area contributed by atoms with Gasteiger partial charge in [0.1, 0.15) is 11.8 Å². The monoisotopic (exact) mass is 443 g/mol. The van der Waals surface area contributed by atoms with Crippen LogP contribution in [0, 0.1) is 0 Å². The fourth-order valence-corrected chi connectivity index (χ4v) is 3.73. The summed E-state index contributed by atoms with van der Waals surface area (Å²) >= 11 is 6.12. The number of carboxylic acid groups (broad SMARTS) is 1. The molecule has 3 rings (SSSR count). The molecule has 1 aliphatic heterocycles. The Bertz CT molecular complexity index is 1050. The number of imide groups is 1. The van der Waals surface area contributed by atoms with E-state index in [2.05, 4.69) is 5.32 Å². The van der Waals surface area contributed by atoms with E-state index in [4.69, 9.17) is 16.3 Å². The Morgan fingerprint density at radius 3 is 2.45 bits per heavy atom. The van der Waals surface area contributed by atoms with E-state index in [-0.39, 0.29) is 17.8 Å². The number of ether oxygens (including phenoxy) is 1. The highest BCUT2D eigenvalue weighted by atomic mass is 35.5. The van der Waals surface area contributed by atoms with Gasteiger partial charge in [-0.15, -0.1) is 0 Å². The van der Waals surface area contributed by atoms with Gasteiger partial charge >= 0.3 is 18.0 Å². The van der Waals surface area contributed by atoms with Crippen LogP contribution in [0.3, 0.4) is 0 Å². The fourth-order valence-electron chi connectivity index (χ4n) is 3.53. The summed E-state index contributed by atoms with van der Waals surface area (Å²) in [5.41, 5.74) is 1.01. The lowest BCUT2D eigenvalue weighted by atomic mass is 9.94. The number of carboxylic acids is 1. The van der Waals surface area contributed by atoms with Crippen molar-refractivity contribution >= 4 is 35.3 Å². The van der Waals surface area contributed by atoms with Crippen molar-refractivity contribution in [2.75, 3.05) is 18.6 Å². The van der Waals surface area contributed by atoms with Crippen molar-refractivity contribution in [1.29, 1.82) is 0 Å². The maximum atomic E-state index is 13.5. The molecular weight excluding hydrogens is 422 g/mol. The van der Waals surface area contributed by atoms with Gasteiger partial charge < -0.3 is 15.2 Å². The minimum Gasteiger partial charge on any atom is -0.497 e. The number of hydrogen-bond donors (Lipinski definition) is 2. The van der Waals surface area contributed by atoms with E-state index in [1.807, 2.05) is 0 Å². The summed E-state index contributed by atoms with van der Waals surface area (Å²) in [6, 6.07) is 10.7. The molecule has 0 spiro atoms. The predicted molar refractivity (Wildman–Crippen MR) is 116 cm³/mol. The molecule has 0 aromatic heterocycles. The van der Waals surface area contributed by atoms with Gasteiger partial charge in [0.05, 0.1) is 12.7 Å². The van der Waals surface area contributed by atoms with Gasteiger partial charge in [0, 0.05) is 23.0 Å². The molecule has 8 nitrogen and oxygen atoms in total. The second-order valence-corrected chi connectivity index (χ2v) is 7.26. The van der Waals surface area contributed by atoms with Crippen LogP contribution in [-0.2, 0) is 4.79 Å². The molecule has 162 valence electrons. The van der Waals surface area contributed by atoms with Crippen LogP contribution in [0.1, 0.15) is 25.5 Å². The molecule has 0 aliphatic carbocycles. The summed E-state index contributed by atoms with van der Waals surface area (Å²) in [5.74, 6) is -0.626. The van der Waals surface area contributed by atoms with Crippen molar-refractivity contribution in [1.82, 2.24) is 10.2 Å². The van der Waals surface area contributed by atoms with Gasteiger partial charge in [-0.25, -0.2) is 19.3 Å². The lowest BCUT2D eigenvalue weighted by Gasteiger charge is -2.38. The average Bonchev–Trinajstić information content (AvgIpc) is 2.73. The third-order valence-electron chi connectivity index (χ3n) is 4.98. The largest absolute Gasteiger partial charge is 0.497 e. The van der Waals surface area contributed by atoms with E-state index in [0.717, 1.165) is 4.90 Å². The lowest BCUT2D eigenvalue weighted by Crippen LogP contribution is -2.55. The maximum Gasteiger partial charge on any atom is 0.335 e. The number of carbonyl (C=O) groups is 3. The molecule has 0 bridgehead atoms. The van der Waals surface area contributed by atoms with Crippen LogP contribution >= 0.6 is 11.6 Å². The van der Waals surface area contributed by atoms with Crippen molar-refractivity contribution in [2.24, 2.45) is 0 Å². The normalized spacial score (nSPS) is 16.1. The van der Waals surface area contributed by atoms with Gasteiger partial charge in [0.2, 0.25) is 0 Å². The van der Waals surface area contributed by atoms with Crippen LogP contribution in [0.2, 0.25) is 5.02 Å². The number of carbonyl (C=O) groups excluding carboxylic acids is 2. The SMILES string of the molecule is CCN(C(=O)N1C(=O)NC(C)=C(C(=O)O)C1c1cccc(Cl)c1)c1ccc(OC)cc1. The number of halogens is 1. The molecule has 1 aliphatic rings. The molecule has 1 unspecified atom stereocenters. The van der Waals surface area contributed by atoms with Gasteiger partial charge in [-0.2, -0.15) is 0 Å². The number of amides is 4.